The van der Waals surface area contributed by atoms with Crippen LogP contribution in [0.3, 0.4) is 0 Å². The van der Waals surface area contributed by atoms with E-state index in [-0.39, 0.29) is 0 Å². The molecule has 1 aromatic heterocycles. The molecule has 1 heterocycles. The summed E-state index contributed by atoms with van der Waals surface area (Å²) in [7, 11) is 0. The molecule has 0 bridgehead atoms. The minimum absolute atomic E-state index is 0.654. The zero-order valence-corrected chi connectivity index (χ0v) is 13.7. The topological polar surface area (TPSA) is 24.9 Å². The molecule has 1 atom stereocenters. The predicted octanol–water partition coefficient (Wildman–Crippen LogP) is 4.64. The summed E-state index contributed by atoms with van der Waals surface area (Å²) >= 11 is 0. The van der Waals surface area contributed by atoms with Gasteiger partial charge in [0, 0.05) is 17.1 Å². The lowest BCUT2D eigenvalue weighted by Crippen LogP contribution is -2.30. The quantitative estimate of drug-likeness (QED) is 0.763. The Kier molecular flexibility index (Phi) is 6.19. The number of aromatic nitrogens is 1. The molecule has 0 aliphatic carbocycles. The predicted molar refractivity (Wildman–Crippen MR) is 91.8 cm³/mol. The van der Waals surface area contributed by atoms with Crippen LogP contribution < -0.4 is 5.32 Å². The monoisotopic (exact) mass is 284 g/mol. The number of nitrogens with one attached hydrogen (secondary N) is 1. The minimum atomic E-state index is 0.654. The summed E-state index contributed by atoms with van der Waals surface area (Å²) in [5, 5.41) is 4.93. The zero-order valence-electron chi connectivity index (χ0n) is 13.7. The maximum atomic E-state index is 4.57. The van der Waals surface area contributed by atoms with Crippen LogP contribution in [0.5, 0.6) is 0 Å². The maximum absolute atomic E-state index is 4.57. The van der Waals surface area contributed by atoms with Crippen molar-refractivity contribution in [2.75, 3.05) is 6.54 Å². The van der Waals surface area contributed by atoms with Gasteiger partial charge >= 0.3 is 0 Å². The lowest BCUT2D eigenvalue weighted by molar-refractivity contribution is 0.449. The molecule has 2 nitrogen and oxygen atoms in total. The smallest absolute Gasteiger partial charge is 0.0705 e. The first-order valence-corrected chi connectivity index (χ1v) is 8.32. The number of nitrogens with zero attached hydrogens (tertiary/aromatic N) is 1. The molecule has 21 heavy (non-hydrogen) atoms. The fraction of sp³-hybridized carbons (Fsp3) is 0.526. The molecule has 1 N–H and O–H groups in total. The van der Waals surface area contributed by atoms with Crippen molar-refractivity contribution in [1.82, 2.24) is 10.3 Å². The van der Waals surface area contributed by atoms with Crippen LogP contribution in [0.2, 0.25) is 0 Å². The van der Waals surface area contributed by atoms with Crippen LogP contribution in [0.4, 0.5) is 0 Å². The van der Waals surface area contributed by atoms with E-state index in [0.29, 0.717) is 6.04 Å². The normalized spacial score (nSPS) is 12.7. The van der Waals surface area contributed by atoms with Crippen molar-refractivity contribution in [1.29, 1.82) is 0 Å². The number of aryl methyl sites for hydroxylation is 2. The molecule has 0 aliphatic rings. The highest BCUT2D eigenvalue weighted by atomic mass is 14.9. The molecule has 1 aromatic carbocycles. The molecule has 0 fully saturated rings. The first-order chi connectivity index (χ1) is 10.2. The lowest BCUT2D eigenvalue weighted by Gasteiger charge is -2.17. The Morgan fingerprint density at radius 1 is 1.05 bits per heavy atom. The van der Waals surface area contributed by atoms with E-state index in [1.54, 1.807) is 0 Å². The molecule has 1 unspecified atom stereocenters. The van der Waals surface area contributed by atoms with Gasteiger partial charge in [0.2, 0.25) is 0 Å². The summed E-state index contributed by atoms with van der Waals surface area (Å²) in [5.41, 5.74) is 3.61. The first-order valence-electron chi connectivity index (χ1n) is 8.32. The second kappa shape index (κ2) is 8.14. The van der Waals surface area contributed by atoms with Gasteiger partial charge in [-0.1, -0.05) is 32.4 Å². The van der Waals surface area contributed by atoms with Gasteiger partial charge < -0.3 is 5.32 Å². The molecule has 0 spiro atoms. The second-order valence-electron chi connectivity index (χ2n) is 5.96. The van der Waals surface area contributed by atoms with E-state index in [2.05, 4.69) is 54.5 Å². The number of hydrogen-bond acceptors (Lipinski definition) is 2. The molecular formula is C19H28N2. The molecule has 0 aliphatic heterocycles. The van der Waals surface area contributed by atoms with Crippen molar-refractivity contribution in [2.45, 2.75) is 58.9 Å². The van der Waals surface area contributed by atoms with E-state index in [1.165, 1.54) is 36.6 Å². The third kappa shape index (κ3) is 4.82. The van der Waals surface area contributed by atoms with Gasteiger partial charge in [-0.05, 0) is 62.9 Å². The summed E-state index contributed by atoms with van der Waals surface area (Å²) in [5.74, 6) is 0. The third-order valence-electron chi connectivity index (χ3n) is 3.99. The number of benzene rings is 1. The molecule has 114 valence electrons. The van der Waals surface area contributed by atoms with Gasteiger partial charge in [-0.2, -0.15) is 0 Å². The van der Waals surface area contributed by atoms with Crippen LogP contribution in [-0.2, 0) is 6.42 Å². The summed E-state index contributed by atoms with van der Waals surface area (Å²) in [6.45, 7) is 7.67. The molecule has 0 saturated heterocycles. The van der Waals surface area contributed by atoms with Gasteiger partial charge in [0.05, 0.1) is 5.52 Å². The molecule has 0 saturated carbocycles. The Labute approximate surface area is 129 Å². The van der Waals surface area contributed by atoms with Crippen LogP contribution in [0, 0.1) is 6.92 Å². The molecule has 2 rings (SSSR count). The molecule has 2 aromatic rings. The summed E-state index contributed by atoms with van der Waals surface area (Å²) < 4.78 is 0. The molecule has 2 heteroatoms. The second-order valence-corrected chi connectivity index (χ2v) is 5.96. The highest BCUT2D eigenvalue weighted by molar-refractivity contribution is 5.79. The van der Waals surface area contributed by atoms with E-state index in [9.17, 15) is 0 Å². The van der Waals surface area contributed by atoms with E-state index >= 15 is 0 Å². The van der Waals surface area contributed by atoms with Crippen LogP contribution >= 0.6 is 0 Å². The van der Waals surface area contributed by atoms with Crippen LogP contribution in [0.15, 0.2) is 30.3 Å². The first kappa shape index (κ1) is 16.0. The number of pyridine rings is 1. The van der Waals surface area contributed by atoms with Crippen molar-refractivity contribution in [3.05, 3.63) is 41.6 Å². The van der Waals surface area contributed by atoms with E-state index in [0.717, 1.165) is 24.2 Å². The van der Waals surface area contributed by atoms with Crippen molar-refractivity contribution < 1.29 is 0 Å². The van der Waals surface area contributed by atoms with Crippen LogP contribution in [-0.4, -0.2) is 17.6 Å². The maximum Gasteiger partial charge on any atom is 0.0705 e. The highest BCUT2D eigenvalue weighted by Gasteiger charge is 2.07. The zero-order chi connectivity index (χ0) is 15.1. The van der Waals surface area contributed by atoms with Crippen LogP contribution in [0.25, 0.3) is 10.9 Å². The molecular weight excluding hydrogens is 256 g/mol. The van der Waals surface area contributed by atoms with Crippen molar-refractivity contribution in [2.24, 2.45) is 0 Å². The van der Waals surface area contributed by atoms with Crippen molar-refractivity contribution >= 4 is 10.9 Å². The van der Waals surface area contributed by atoms with E-state index in [4.69, 9.17) is 0 Å². The standard InChI is InChI=1S/C19H28N2/c1-4-6-18(20-13-5-2)11-8-16-9-12-19-17(14-16)10-7-15(3)21-19/h7,9-10,12,14,18,20H,4-6,8,11,13H2,1-3H3. The van der Waals surface area contributed by atoms with Crippen molar-refractivity contribution in [3.63, 3.8) is 0 Å². The largest absolute Gasteiger partial charge is 0.314 e. The fourth-order valence-corrected chi connectivity index (χ4v) is 2.82. The fourth-order valence-electron chi connectivity index (χ4n) is 2.82. The molecule has 0 amide bonds. The average Bonchev–Trinajstić information content (AvgIpc) is 2.50. The van der Waals surface area contributed by atoms with Gasteiger partial charge in [-0.3, -0.25) is 4.98 Å². The lowest BCUT2D eigenvalue weighted by atomic mass is 10.0. The summed E-state index contributed by atoms with van der Waals surface area (Å²) in [4.78, 5) is 4.57. The summed E-state index contributed by atoms with van der Waals surface area (Å²) in [6.07, 6.45) is 6.10. The number of rotatable bonds is 8. The molecule has 0 radical (unpaired) electrons. The summed E-state index contributed by atoms with van der Waals surface area (Å²) in [6, 6.07) is 11.6. The third-order valence-corrected chi connectivity index (χ3v) is 3.99. The highest BCUT2D eigenvalue weighted by Crippen LogP contribution is 2.17. The Bertz CT molecular complexity index is 562. The van der Waals surface area contributed by atoms with E-state index in [1.807, 2.05) is 6.92 Å². The SMILES string of the molecule is CCCNC(CCC)CCc1ccc2nc(C)ccc2c1. The van der Waals surface area contributed by atoms with E-state index < -0.39 is 0 Å². The van der Waals surface area contributed by atoms with Crippen molar-refractivity contribution in [3.8, 4) is 0 Å². The van der Waals surface area contributed by atoms with Gasteiger partial charge in [0.1, 0.15) is 0 Å². The van der Waals surface area contributed by atoms with Gasteiger partial charge in [-0.25, -0.2) is 0 Å². The number of hydrogen-bond donors (Lipinski definition) is 1. The number of fused-ring (bicyclic) bond motifs is 1. The Hall–Kier alpha value is -1.41. The van der Waals surface area contributed by atoms with Gasteiger partial charge in [0.15, 0.2) is 0 Å². The van der Waals surface area contributed by atoms with Gasteiger partial charge in [0.25, 0.3) is 0 Å². The average molecular weight is 284 g/mol. The van der Waals surface area contributed by atoms with Gasteiger partial charge in [-0.15, -0.1) is 0 Å². The Morgan fingerprint density at radius 2 is 1.90 bits per heavy atom. The van der Waals surface area contributed by atoms with Crippen LogP contribution in [0.1, 0.15) is 50.8 Å². The Morgan fingerprint density at radius 3 is 2.67 bits per heavy atom. The minimum Gasteiger partial charge on any atom is -0.314 e. The Balaban J connectivity index is 1.99.